The summed E-state index contributed by atoms with van der Waals surface area (Å²) >= 11 is 0. The van der Waals surface area contributed by atoms with E-state index in [1.54, 1.807) is 35.0 Å². The van der Waals surface area contributed by atoms with Gasteiger partial charge in [-0.15, -0.1) is 0 Å². The molecule has 2 aromatic carbocycles. The number of halogens is 1. The zero-order valence-electron chi connectivity index (χ0n) is 15.6. The number of aliphatic hydroxyl groups excluding tert-OH is 1. The third kappa shape index (κ3) is 2.93. The van der Waals surface area contributed by atoms with Gasteiger partial charge in [-0.3, -0.25) is 15.1 Å². The Hall–Kier alpha value is -3.63. The molecule has 9 nitrogen and oxygen atoms in total. The lowest BCUT2D eigenvalue weighted by Crippen LogP contribution is -2.23. The van der Waals surface area contributed by atoms with Gasteiger partial charge in [0.05, 0.1) is 35.8 Å². The minimum absolute atomic E-state index is 0.131. The second kappa shape index (κ2) is 7.32. The minimum atomic E-state index is -0.666. The van der Waals surface area contributed by atoms with E-state index in [0.717, 1.165) is 0 Å². The summed E-state index contributed by atoms with van der Waals surface area (Å²) in [5.74, 6) is -0.467. The zero-order chi connectivity index (χ0) is 20.7. The number of nitrogens with zero attached hydrogens (tertiary/aromatic N) is 4. The zero-order valence-corrected chi connectivity index (χ0v) is 15.6. The van der Waals surface area contributed by atoms with Gasteiger partial charge in [0.1, 0.15) is 24.1 Å². The van der Waals surface area contributed by atoms with Crippen LogP contribution in [-0.2, 0) is 11.4 Å². The average molecular weight is 408 g/mol. The van der Waals surface area contributed by atoms with Crippen LogP contribution in [0, 0.1) is 5.82 Å². The number of aromatic amines is 1. The van der Waals surface area contributed by atoms with Crippen molar-refractivity contribution in [3.05, 3.63) is 82.0 Å². The van der Waals surface area contributed by atoms with Gasteiger partial charge in [0.15, 0.2) is 0 Å². The number of anilines is 1. The molecule has 30 heavy (non-hydrogen) atoms. The van der Waals surface area contributed by atoms with Crippen LogP contribution in [0.5, 0.6) is 0 Å². The second-order valence-electron chi connectivity index (χ2n) is 6.90. The largest absolute Gasteiger partial charge is 0.394 e. The summed E-state index contributed by atoms with van der Waals surface area (Å²) in [6.45, 7) is 0.0952. The van der Waals surface area contributed by atoms with Crippen LogP contribution >= 0.6 is 0 Å². The normalized spacial score (nSPS) is 18.2. The van der Waals surface area contributed by atoms with Crippen molar-refractivity contribution < 1.29 is 14.3 Å². The van der Waals surface area contributed by atoms with Gasteiger partial charge in [0, 0.05) is 5.39 Å². The molecule has 10 heteroatoms. The molecule has 1 aliphatic rings. The summed E-state index contributed by atoms with van der Waals surface area (Å²) in [7, 11) is 0. The highest BCUT2D eigenvalue weighted by Crippen LogP contribution is 2.43. The third-order valence-electron chi connectivity index (χ3n) is 5.17. The fourth-order valence-corrected chi connectivity index (χ4v) is 3.84. The van der Waals surface area contributed by atoms with Crippen molar-refractivity contribution in [2.24, 2.45) is 0 Å². The van der Waals surface area contributed by atoms with E-state index in [9.17, 15) is 14.3 Å². The molecule has 3 N–H and O–H groups in total. The van der Waals surface area contributed by atoms with Crippen molar-refractivity contribution in [2.45, 2.75) is 18.6 Å². The van der Waals surface area contributed by atoms with Gasteiger partial charge in [-0.25, -0.2) is 19.2 Å². The SMILES string of the molecule is O=c1[nH]nc2c3c(cccc13)NOC(c1ccc(F)cc1)C2c1ncnn1CCO. The molecule has 0 spiro atoms. The average Bonchev–Trinajstić information content (AvgIpc) is 3.14. The van der Waals surface area contributed by atoms with Gasteiger partial charge >= 0.3 is 0 Å². The number of rotatable bonds is 4. The molecule has 0 fully saturated rings. The number of H-pyrrole nitrogens is 1. The van der Waals surface area contributed by atoms with E-state index < -0.39 is 12.0 Å². The van der Waals surface area contributed by atoms with Crippen LogP contribution in [0.25, 0.3) is 10.8 Å². The molecule has 4 aromatic rings. The molecule has 0 aliphatic carbocycles. The van der Waals surface area contributed by atoms with Crippen LogP contribution in [0.4, 0.5) is 10.1 Å². The van der Waals surface area contributed by atoms with Crippen molar-refractivity contribution in [3.63, 3.8) is 0 Å². The first-order chi connectivity index (χ1) is 14.7. The predicted molar refractivity (Wildman–Crippen MR) is 105 cm³/mol. The first-order valence-electron chi connectivity index (χ1n) is 9.34. The van der Waals surface area contributed by atoms with Crippen LogP contribution in [0.15, 0.2) is 53.6 Å². The van der Waals surface area contributed by atoms with Gasteiger partial charge in [0.2, 0.25) is 0 Å². The van der Waals surface area contributed by atoms with E-state index in [4.69, 9.17) is 4.84 Å². The first-order valence-corrected chi connectivity index (χ1v) is 9.34. The molecular weight excluding hydrogens is 391 g/mol. The van der Waals surface area contributed by atoms with Crippen LogP contribution in [0.3, 0.4) is 0 Å². The number of hydrogen-bond acceptors (Lipinski definition) is 7. The number of aliphatic hydroxyl groups is 1. The lowest BCUT2D eigenvalue weighted by atomic mass is 9.89. The van der Waals surface area contributed by atoms with Crippen molar-refractivity contribution in [3.8, 4) is 0 Å². The van der Waals surface area contributed by atoms with Gasteiger partial charge in [-0.2, -0.15) is 10.2 Å². The highest BCUT2D eigenvalue weighted by atomic mass is 19.1. The fourth-order valence-electron chi connectivity index (χ4n) is 3.84. The van der Waals surface area contributed by atoms with Crippen molar-refractivity contribution in [2.75, 3.05) is 12.1 Å². The highest BCUT2D eigenvalue weighted by Gasteiger charge is 2.37. The first kappa shape index (κ1) is 18.4. The van der Waals surface area contributed by atoms with Gasteiger partial charge < -0.3 is 5.11 Å². The Labute approximate surface area is 169 Å². The van der Waals surface area contributed by atoms with E-state index in [-0.39, 0.29) is 24.5 Å². The van der Waals surface area contributed by atoms with Crippen LogP contribution in [0.2, 0.25) is 0 Å². The Morgan fingerprint density at radius 3 is 2.83 bits per heavy atom. The molecule has 152 valence electrons. The molecule has 0 amide bonds. The summed E-state index contributed by atoms with van der Waals surface area (Å²) in [6.07, 6.45) is 0.723. The Bertz CT molecular complexity index is 1270. The monoisotopic (exact) mass is 408 g/mol. The van der Waals surface area contributed by atoms with E-state index in [0.29, 0.717) is 33.5 Å². The number of aromatic nitrogens is 5. The molecule has 1 aliphatic heterocycles. The molecule has 5 rings (SSSR count). The molecule has 2 atom stereocenters. The molecule has 0 saturated heterocycles. The quantitative estimate of drug-likeness (QED) is 0.472. The number of nitrogens with one attached hydrogen (secondary N) is 2. The van der Waals surface area contributed by atoms with Crippen LogP contribution in [0.1, 0.15) is 29.1 Å². The Kier molecular flexibility index (Phi) is 4.49. The van der Waals surface area contributed by atoms with Gasteiger partial charge in [0.25, 0.3) is 5.56 Å². The Morgan fingerprint density at radius 1 is 1.20 bits per heavy atom. The summed E-state index contributed by atoms with van der Waals surface area (Å²) in [5, 5.41) is 21.6. The fraction of sp³-hybridized carbons (Fsp3) is 0.200. The van der Waals surface area contributed by atoms with Crippen molar-refractivity contribution >= 4 is 16.5 Å². The van der Waals surface area contributed by atoms with Crippen molar-refractivity contribution in [1.29, 1.82) is 0 Å². The maximum Gasteiger partial charge on any atom is 0.272 e. The van der Waals surface area contributed by atoms with E-state index in [1.165, 1.54) is 18.5 Å². The smallest absolute Gasteiger partial charge is 0.272 e. The summed E-state index contributed by atoms with van der Waals surface area (Å²) < 4.78 is 15.1. The second-order valence-corrected chi connectivity index (χ2v) is 6.90. The molecule has 0 radical (unpaired) electrons. The van der Waals surface area contributed by atoms with Crippen LogP contribution < -0.4 is 11.0 Å². The number of benzene rings is 2. The molecule has 2 unspecified atom stereocenters. The maximum absolute atomic E-state index is 13.6. The lowest BCUT2D eigenvalue weighted by molar-refractivity contribution is 0.0841. The maximum atomic E-state index is 13.6. The van der Waals surface area contributed by atoms with Crippen LogP contribution in [-0.4, -0.2) is 36.7 Å². The van der Waals surface area contributed by atoms with Crippen molar-refractivity contribution in [1.82, 2.24) is 25.0 Å². The minimum Gasteiger partial charge on any atom is -0.394 e. The predicted octanol–water partition coefficient (Wildman–Crippen LogP) is 1.88. The standard InChI is InChI=1S/C20H17FN6O3/c21-12-6-4-11(5-7-12)18-16(19-22-10-23-27(19)8-9-28)17-15-13(20(29)25-24-17)2-1-3-14(15)26-30-18/h1-7,10,16,18,26,28H,8-9H2,(H,25,29). The lowest BCUT2D eigenvalue weighted by Gasteiger charge is -2.24. The number of hydrogen-bond donors (Lipinski definition) is 3. The molecular formula is C20H17FN6O3. The molecule has 3 heterocycles. The summed E-state index contributed by atoms with van der Waals surface area (Å²) in [4.78, 5) is 22.8. The topological polar surface area (TPSA) is 118 Å². The van der Waals surface area contributed by atoms with Gasteiger partial charge in [-0.05, 0) is 29.8 Å². The van der Waals surface area contributed by atoms with E-state index in [2.05, 4.69) is 25.8 Å². The van der Waals surface area contributed by atoms with E-state index in [1.807, 2.05) is 0 Å². The molecule has 2 aromatic heterocycles. The van der Waals surface area contributed by atoms with E-state index >= 15 is 0 Å². The molecule has 0 bridgehead atoms. The summed E-state index contributed by atoms with van der Waals surface area (Å²) in [5.41, 5.74) is 4.41. The highest BCUT2D eigenvalue weighted by molar-refractivity contribution is 5.95. The summed E-state index contributed by atoms with van der Waals surface area (Å²) in [6, 6.07) is 11.2. The van der Waals surface area contributed by atoms with Gasteiger partial charge in [-0.1, -0.05) is 18.2 Å². The Balaban J connectivity index is 1.79. The Morgan fingerprint density at radius 2 is 2.03 bits per heavy atom. The molecule has 0 saturated carbocycles. The third-order valence-corrected chi connectivity index (χ3v) is 5.17.